The Morgan fingerprint density at radius 1 is 1.22 bits per heavy atom. The molecular weight excluding hydrogens is 238 g/mol. The molecule has 1 heterocycles. The Morgan fingerprint density at radius 2 is 1.89 bits per heavy atom. The second-order valence-corrected chi connectivity index (χ2v) is 7.48. The molecule has 1 aromatic rings. The monoisotopic (exact) mass is 265 g/mol. The number of hydrogen-bond donors (Lipinski definition) is 1. The van der Waals surface area contributed by atoms with Crippen molar-refractivity contribution in [2.75, 3.05) is 6.54 Å². The minimum absolute atomic E-state index is 0.582. The Labute approximate surface area is 116 Å². The molecule has 0 bridgehead atoms. The largest absolute Gasteiger partial charge is 0.309 e. The fourth-order valence-electron chi connectivity index (χ4n) is 3.62. The van der Waals surface area contributed by atoms with Gasteiger partial charge in [0.2, 0.25) is 0 Å². The highest BCUT2D eigenvalue weighted by atomic mass is 32.1. The molecule has 1 fully saturated rings. The van der Waals surface area contributed by atoms with Crippen molar-refractivity contribution in [2.24, 2.45) is 17.8 Å². The molecule has 0 aliphatic heterocycles. The standard InChI is InChI=1S/C16H27NS/c1-5-17-16(15-7-6-13(4)18-15)14-9-11(2)8-12(3)10-14/h6-7,11-12,14,16-17H,5,8-10H2,1-4H3. The van der Waals surface area contributed by atoms with Crippen molar-refractivity contribution in [2.45, 2.75) is 53.0 Å². The summed E-state index contributed by atoms with van der Waals surface area (Å²) in [5, 5.41) is 3.73. The molecule has 0 radical (unpaired) electrons. The van der Waals surface area contributed by atoms with Crippen LogP contribution in [0.5, 0.6) is 0 Å². The topological polar surface area (TPSA) is 12.0 Å². The minimum atomic E-state index is 0.582. The first kappa shape index (κ1) is 14.1. The van der Waals surface area contributed by atoms with Gasteiger partial charge in [-0.25, -0.2) is 0 Å². The number of thiophene rings is 1. The number of hydrogen-bond acceptors (Lipinski definition) is 2. The molecule has 3 unspecified atom stereocenters. The molecule has 1 aliphatic rings. The molecule has 1 N–H and O–H groups in total. The maximum Gasteiger partial charge on any atom is 0.0443 e. The Hall–Kier alpha value is -0.340. The average molecular weight is 265 g/mol. The molecule has 1 aromatic heterocycles. The van der Waals surface area contributed by atoms with Gasteiger partial charge in [0.15, 0.2) is 0 Å². The fraction of sp³-hybridized carbons (Fsp3) is 0.750. The van der Waals surface area contributed by atoms with E-state index in [1.54, 1.807) is 4.88 Å². The van der Waals surface area contributed by atoms with E-state index >= 15 is 0 Å². The molecule has 0 spiro atoms. The van der Waals surface area contributed by atoms with E-state index in [4.69, 9.17) is 0 Å². The first-order valence-electron chi connectivity index (χ1n) is 7.39. The van der Waals surface area contributed by atoms with Crippen LogP contribution in [-0.4, -0.2) is 6.54 Å². The Balaban J connectivity index is 2.14. The summed E-state index contributed by atoms with van der Waals surface area (Å²) in [5.41, 5.74) is 0. The zero-order valence-corrected chi connectivity index (χ0v) is 13.0. The SMILES string of the molecule is CCNC(c1ccc(C)s1)C1CC(C)CC(C)C1. The summed E-state index contributed by atoms with van der Waals surface area (Å²) in [6.07, 6.45) is 4.19. The van der Waals surface area contributed by atoms with Gasteiger partial charge in [-0.15, -0.1) is 11.3 Å². The molecule has 2 rings (SSSR count). The van der Waals surface area contributed by atoms with Gasteiger partial charge >= 0.3 is 0 Å². The zero-order valence-electron chi connectivity index (χ0n) is 12.2. The predicted octanol–water partition coefficient (Wildman–Crippen LogP) is 4.78. The van der Waals surface area contributed by atoms with Crippen LogP contribution >= 0.6 is 11.3 Å². The van der Waals surface area contributed by atoms with Gasteiger partial charge in [-0.05, 0) is 62.6 Å². The average Bonchev–Trinajstić information content (AvgIpc) is 2.71. The first-order valence-corrected chi connectivity index (χ1v) is 8.21. The summed E-state index contributed by atoms with van der Waals surface area (Å²) >= 11 is 1.97. The molecular formula is C16H27NS. The summed E-state index contributed by atoms with van der Waals surface area (Å²) in [6.45, 7) is 10.4. The number of rotatable bonds is 4. The van der Waals surface area contributed by atoms with Crippen LogP contribution < -0.4 is 5.32 Å². The van der Waals surface area contributed by atoms with Crippen molar-refractivity contribution >= 4 is 11.3 Å². The normalized spacial score (nSPS) is 30.3. The number of nitrogens with one attached hydrogen (secondary N) is 1. The third-order valence-electron chi connectivity index (χ3n) is 4.18. The van der Waals surface area contributed by atoms with Crippen LogP contribution in [-0.2, 0) is 0 Å². The van der Waals surface area contributed by atoms with Gasteiger partial charge in [-0.1, -0.05) is 20.8 Å². The van der Waals surface area contributed by atoms with Gasteiger partial charge in [0.05, 0.1) is 0 Å². The molecule has 0 aromatic carbocycles. The Kier molecular flexibility index (Phi) is 4.85. The van der Waals surface area contributed by atoms with Crippen molar-refractivity contribution in [1.29, 1.82) is 0 Å². The zero-order chi connectivity index (χ0) is 13.1. The lowest BCUT2D eigenvalue weighted by Gasteiger charge is -2.36. The molecule has 1 saturated carbocycles. The second kappa shape index (κ2) is 6.21. The molecule has 0 saturated heterocycles. The van der Waals surface area contributed by atoms with Crippen LogP contribution in [0.2, 0.25) is 0 Å². The van der Waals surface area contributed by atoms with E-state index in [9.17, 15) is 0 Å². The lowest BCUT2D eigenvalue weighted by Crippen LogP contribution is -2.32. The third-order valence-corrected chi connectivity index (χ3v) is 5.26. The van der Waals surface area contributed by atoms with Gasteiger partial charge in [0.1, 0.15) is 0 Å². The predicted molar refractivity (Wildman–Crippen MR) is 81.1 cm³/mol. The van der Waals surface area contributed by atoms with E-state index in [1.165, 1.54) is 24.1 Å². The summed E-state index contributed by atoms with van der Waals surface area (Å²) in [7, 11) is 0. The molecule has 0 amide bonds. The lowest BCUT2D eigenvalue weighted by atomic mass is 9.73. The fourth-order valence-corrected chi connectivity index (χ4v) is 4.67. The van der Waals surface area contributed by atoms with Crippen LogP contribution in [0.3, 0.4) is 0 Å². The van der Waals surface area contributed by atoms with Crippen LogP contribution in [0, 0.1) is 24.7 Å². The quantitative estimate of drug-likeness (QED) is 0.826. The summed E-state index contributed by atoms with van der Waals surface area (Å²) in [6, 6.07) is 5.18. The molecule has 2 heteroatoms. The van der Waals surface area contributed by atoms with Crippen molar-refractivity contribution in [1.82, 2.24) is 5.32 Å². The van der Waals surface area contributed by atoms with Crippen molar-refractivity contribution in [3.63, 3.8) is 0 Å². The van der Waals surface area contributed by atoms with Crippen LogP contribution in [0.4, 0.5) is 0 Å². The Bertz CT molecular complexity index is 361. The molecule has 1 nitrogen and oxygen atoms in total. The van der Waals surface area contributed by atoms with Crippen LogP contribution in [0.25, 0.3) is 0 Å². The van der Waals surface area contributed by atoms with E-state index in [0.717, 1.165) is 24.3 Å². The van der Waals surface area contributed by atoms with Crippen LogP contribution in [0.1, 0.15) is 55.8 Å². The summed E-state index contributed by atoms with van der Waals surface area (Å²) in [4.78, 5) is 2.98. The van der Waals surface area contributed by atoms with E-state index in [1.807, 2.05) is 11.3 Å². The van der Waals surface area contributed by atoms with Gasteiger partial charge in [0.25, 0.3) is 0 Å². The number of aryl methyl sites for hydroxylation is 1. The van der Waals surface area contributed by atoms with Gasteiger partial charge in [-0.2, -0.15) is 0 Å². The minimum Gasteiger partial charge on any atom is -0.309 e. The maximum absolute atomic E-state index is 3.73. The molecule has 18 heavy (non-hydrogen) atoms. The summed E-state index contributed by atoms with van der Waals surface area (Å²) in [5.74, 6) is 2.60. The first-order chi connectivity index (χ1) is 8.60. The highest BCUT2D eigenvalue weighted by Crippen LogP contribution is 2.41. The van der Waals surface area contributed by atoms with E-state index in [0.29, 0.717) is 6.04 Å². The van der Waals surface area contributed by atoms with Crippen molar-refractivity contribution in [3.05, 3.63) is 21.9 Å². The molecule has 102 valence electrons. The third kappa shape index (κ3) is 3.36. The van der Waals surface area contributed by atoms with E-state index < -0.39 is 0 Å². The Morgan fingerprint density at radius 3 is 2.39 bits per heavy atom. The van der Waals surface area contributed by atoms with Crippen molar-refractivity contribution < 1.29 is 0 Å². The van der Waals surface area contributed by atoms with E-state index in [2.05, 4.69) is 45.1 Å². The van der Waals surface area contributed by atoms with Crippen LogP contribution in [0.15, 0.2) is 12.1 Å². The van der Waals surface area contributed by atoms with Crippen molar-refractivity contribution in [3.8, 4) is 0 Å². The summed E-state index contributed by atoms with van der Waals surface area (Å²) < 4.78 is 0. The van der Waals surface area contributed by atoms with E-state index in [-0.39, 0.29) is 0 Å². The highest BCUT2D eigenvalue weighted by Gasteiger charge is 2.31. The maximum atomic E-state index is 3.73. The lowest BCUT2D eigenvalue weighted by molar-refractivity contribution is 0.179. The van der Waals surface area contributed by atoms with Gasteiger partial charge < -0.3 is 5.32 Å². The molecule has 3 atom stereocenters. The highest BCUT2D eigenvalue weighted by molar-refractivity contribution is 7.12. The molecule has 1 aliphatic carbocycles. The smallest absolute Gasteiger partial charge is 0.0443 e. The van der Waals surface area contributed by atoms with Gasteiger partial charge in [-0.3, -0.25) is 0 Å². The second-order valence-electron chi connectivity index (χ2n) is 6.16. The van der Waals surface area contributed by atoms with Gasteiger partial charge in [0, 0.05) is 15.8 Å².